The molecule has 4 nitrogen and oxygen atoms in total. The van der Waals surface area contributed by atoms with Gasteiger partial charge in [-0.2, -0.15) is 0 Å². The van der Waals surface area contributed by atoms with E-state index in [1.165, 1.54) is 12.4 Å². The van der Waals surface area contributed by atoms with Gasteiger partial charge in [-0.15, -0.1) is 0 Å². The summed E-state index contributed by atoms with van der Waals surface area (Å²) in [7, 11) is 0. The summed E-state index contributed by atoms with van der Waals surface area (Å²) in [5, 5.41) is 9.47. The molecule has 0 radical (unpaired) electrons. The fourth-order valence-electron chi connectivity index (χ4n) is 1.50. The molecule has 0 saturated heterocycles. The van der Waals surface area contributed by atoms with E-state index in [1.807, 2.05) is 30.3 Å². The van der Waals surface area contributed by atoms with Crippen LogP contribution in [0.15, 0.2) is 47.9 Å². The molecular weight excluding hydrogens is 284 g/mol. The smallest absolute Gasteiger partial charge is 0.317 e. The van der Waals surface area contributed by atoms with Crippen LogP contribution in [0.25, 0.3) is 0 Å². The monoisotopic (exact) mass is 294 g/mol. The zero-order valence-electron chi connectivity index (χ0n) is 9.86. The van der Waals surface area contributed by atoms with Gasteiger partial charge >= 0.3 is 5.97 Å². The van der Waals surface area contributed by atoms with Gasteiger partial charge in [-0.1, -0.05) is 53.7 Å². The Labute approximate surface area is 119 Å². The zero-order valence-corrected chi connectivity index (χ0v) is 11.4. The second-order valence-electron chi connectivity index (χ2n) is 3.82. The fraction of sp³-hybridized carbons (Fsp3) is 0.154. The fourth-order valence-corrected chi connectivity index (χ4v) is 2.45. The summed E-state index contributed by atoms with van der Waals surface area (Å²) in [6.07, 6.45) is 3.34. The highest BCUT2D eigenvalue weighted by molar-refractivity contribution is 8.00. The number of carboxylic acids is 1. The number of hydrogen-bond donors (Lipinski definition) is 1. The highest BCUT2D eigenvalue weighted by Gasteiger charge is 2.20. The molecule has 0 aliphatic heterocycles. The van der Waals surface area contributed by atoms with Gasteiger partial charge in [0, 0.05) is 0 Å². The number of aliphatic carboxylic acids is 1. The second-order valence-corrected chi connectivity index (χ2v) is 5.42. The van der Waals surface area contributed by atoms with Crippen molar-refractivity contribution in [1.29, 1.82) is 0 Å². The predicted octanol–water partition coefficient (Wildman–Crippen LogP) is 2.92. The number of halogens is 1. The van der Waals surface area contributed by atoms with E-state index in [0.29, 0.717) is 16.6 Å². The Kier molecular flexibility index (Phi) is 4.76. The molecule has 0 spiro atoms. The number of rotatable bonds is 5. The van der Waals surface area contributed by atoms with Gasteiger partial charge in [-0.25, -0.2) is 9.97 Å². The van der Waals surface area contributed by atoms with Crippen molar-refractivity contribution in [1.82, 2.24) is 9.97 Å². The molecule has 1 aromatic carbocycles. The van der Waals surface area contributed by atoms with Crippen LogP contribution in [-0.2, 0) is 11.2 Å². The Balaban J connectivity index is 2.08. The summed E-state index contributed by atoms with van der Waals surface area (Å²) in [5.74, 6) is -0.882. The van der Waals surface area contributed by atoms with Crippen molar-refractivity contribution < 1.29 is 9.90 Å². The van der Waals surface area contributed by atoms with Gasteiger partial charge in [0.2, 0.25) is 0 Å². The van der Waals surface area contributed by atoms with E-state index < -0.39 is 11.2 Å². The van der Waals surface area contributed by atoms with Gasteiger partial charge in [-0.05, 0) is 12.0 Å². The van der Waals surface area contributed by atoms with E-state index in [9.17, 15) is 9.90 Å². The van der Waals surface area contributed by atoms with Crippen LogP contribution in [0.4, 0.5) is 0 Å². The number of carboxylic acid groups (broad SMARTS) is 1. The molecule has 1 unspecified atom stereocenters. The van der Waals surface area contributed by atoms with Crippen molar-refractivity contribution in [3.8, 4) is 0 Å². The molecule has 1 heterocycles. The van der Waals surface area contributed by atoms with Gasteiger partial charge in [0.05, 0.1) is 17.4 Å². The van der Waals surface area contributed by atoms with Crippen molar-refractivity contribution in [2.24, 2.45) is 0 Å². The number of nitrogens with zero attached hydrogens (tertiary/aromatic N) is 2. The third-order valence-corrected chi connectivity index (χ3v) is 3.65. The quantitative estimate of drug-likeness (QED) is 0.678. The molecule has 0 bridgehead atoms. The maximum absolute atomic E-state index is 11.3. The lowest BCUT2D eigenvalue weighted by Gasteiger charge is -2.10. The number of aromatic nitrogens is 2. The molecule has 1 N–H and O–H groups in total. The molecule has 1 aromatic heterocycles. The molecule has 2 rings (SSSR count). The molecule has 2 aromatic rings. The van der Waals surface area contributed by atoms with E-state index in [-0.39, 0.29) is 0 Å². The summed E-state index contributed by atoms with van der Waals surface area (Å²) in [5.41, 5.74) is 0.969. The summed E-state index contributed by atoms with van der Waals surface area (Å²) < 4.78 is 0. The summed E-state index contributed by atoms with van der Waals surface area (Å²) in [6.45, 7) is 0. The summed E-state index contributed by atoms with van der Waals surface area (Å²) in [6, 6.07) is 9.47. The van der Waals surface area contributed by atoms with Crippen LogP contribution in [0, 0.1) is 0 Å². The lowest BCUT2D eigenvalue weighted by Crippen LogP contribution is -2.19. The minimum atomic E-state index is -0.882. The Bertz CT molecular complexity index is 548. The Morgan fingerprint density at radius 2 is 1.89 bits per heavy atom. The predicted molar refractivity (Wildman–Crippen MR) is 74.5 cm³/mol. The van der Waals surface area contributed by atoms with Gasteiger partial charge in [0.1, 0.15) is 5.25 Å². The highest BCUT2D eigenvalue weighted by Crippen LogP contribution is 2.23. The van der Waals surface area contributed by atoms with E-state index in [4.69, 9.17) is 11.6 Å². The SMILES string of the molecule is O=C(O)C(Cc1ccccc1)Sc1ncc(Cl)cn1. The highest BCUT2D eigenvalue weighted by atomic mass is 35.5. The molecule has 1 atom stereocenters. The first-order valence-corrected chi connectivity index (χ1v) is 6.82. The second kappa shape index (κ2) is 6.54. The number of carbonyl (C=O) groups is 1. The van der Waals surface area contributed by atoms with Gasteiger partial charge < -0.3 is 5.11 Å². The normalized spacial score (nSPS) is 12.1. The topological polar surface area (TPSA) is 63.1 Å². The van der Waals surface area contributed by atoms with Crippen LogP contribution >= 0.6 is 23.4 Å². The maximum atomic E-state index is 11.3. The number of hydrogen-bond acceptors (Lipinski definition) is 4. The van der Waals surface area contributed by atoms with Crippen molar-refractivity contribution in [3.63, 3.8) is 0 Å². The molecule has 19 heavy (non-hydrogen) atoms. The lowest BCUT2D eigenvalue weighted by atomic mass is 10.1. The Morgan fingerprint density at radius 3 is 2.47 bits per heavy atom. The average molecular weight is 295 g/mol. The maximum Gasteiger partial charge on any atom is 0.317 e. The van der Waals surface area contributed by atoms with Crippen molar-refractivity contribution in [3.05, 3.63) is 53.3 Å². The molecule has 0 saturated carbocycles. The van der Waals surface area contributed by atoms with Gasteiger partial charge in [0.25, 0.3) is 0 Å². The molecule has 6 heteroatoms. The zero-order chi connectivity index (χ0) is 13.7. The number of benzene rings is 1. The third kappa shape index (κ3) is 4.22. The van der Waals surface area contributed by atoms with Crippen LogP contribution in [0.5, 0.6) is 0 Å². The summed E-state index contributed by atoms with van der Waals surface area (Å²) >= 11 is 6.81. The van der Waals surface area contributed by atoms with Crippen LogP contribution in [0.3, 0.4) is 0 Å². The molecule has 0 fully saturated rings. The minimum absolute atomic E-state index is 0.410. The molecule has 0 aliphatic carbocycles. The van der Waals surface area contributed by atoms with Crippen LogP contribution in [0.1, 0.15) is 5.56 Å². The van der Waals surface area contributed by atoms with Crippen LogP contribution in [0.2, 0.25) is 5.02 Å². The molecular formula is C13H11ClN2O2S. The standard InChI is InChI=1S/C13H11ClN2O2S/c14-10-7-15-13(16-8-10)19-11(12(17)18)6-9-4-2-1-3-5-9/h1-5,7-8,11H,6H2,(H,17,18). The van der Waals surface area contributed by atoms with Crippen LogP contribution in [-0.4, -0.2) is 26.3 Å². The van der Waals surface area contributed by atoms with E-state index >= 15 is 0 Å². The summed E-state index contributed by atoms with van der Waals surface area (Å²) in [4.78, 5) is 19.3. The minimum Gasteiger partial charge on any atom is -0.480 e. The Hall–Kier alpha value is -1.59. The average Bonchev–Trinajstić information content (AvgIpc) is 2.41. The van der Waals surface area contributed by atoms with Crippen LogP contribution < -0.4 is 0 Å². The van der Waals surface area contributed by atoms with E-state index in [1.54, 1.807) is 0 Å². The number of thioether (sulfide) groups is 1. The molecule has 0 amide bonds. The largest absolute Gasteiger partial charge is 0.480 e. The van der Waals surface area contributed by atoms with Gasteiger partial charge in [-0.3, -0.25) is 4.79 Å². The first-order chi connectivity index (χ1) is 9.15. The lowest BCUT2D eigenvalue weighted by molar-refractivity contribution is -0.136. The first-order valence-electron chi connectivity index (χ1n) is 5.56. The first kappa shape index (κ1) is 13.8. The third-order valence-electron chi connectivity index (χ3n) is 2.38. The molecule has 0 aliphatic rings. The van der Waals surface area contributed by atoms with Crippen molar-refractivity contribution in [2.75, 3.05) is 0 Å². The van der Waals surface area contributed by atoms with Gasteiger partial charge in [0.15, 0.2) is 5.16 Å². The Morgan fingerprint density at radius 1 is 1.26 bits per heavy atom. The molecule has 98 valence electrons. The van der Waals surface area contributed by atoms with E-state index in [2.05, 4.69) is 9.97 Å². The van der Waals surface area contributed by atoms with E-state index in [0.717, 1.165) is 17.3 Å². The van der Waals surface area contributed by atoms with Crippen molar-refractivity contribution in [2.45, 2.75) is 16.8 Å². The van der Waals surface area contributed by atoms with Crippen molar-refractivity contribution >= 4 is 29.3 Å².